The highest BCUT2D eigenvalue weighted by atomic mass is 32.2. The van der Waals surface area contributed by atoms with Crippen molar-refractivity contribution in [3.8, 4) is 6.07 Å². The third kappa shape index (κ3) is 5.22. The van der Waals surface area contributed by atoms with Crippen LogP contribution in [0.1, 0.15) is 49.3 Å². The number of hydrogen-bond acceptors (Lipinski definition) is 4. The van der Waals surface area contributed by atoms with Gasteiger partial charge in [-0.1, -0.05) is 43.2 Å². The lowest BCUT2D eigenvalue weighted by Crippen LogP contribution is -2.38. The Labute approximate surface area is 172 Å². The smallest absolute Gasteiger partial charge is 0.243 e. The average molecular weight is 412 g/mol. The van der Waals surface area contributed by atoms with E-state index >= 15 is 0 Å². The van der Waals surface area contributed by atoms with Crippen LogP contribution in [0.2, 0.25) is 0 Å². The lowest BCUT2D eigenvalue weighted by Gasteiger charge is -2.31. The first-order chi connectivity index (χ1) is 14.0. The van der Waals surface area contributed by atoms with E-state index < -0.39 is 16.1 Å². The number of carbonyl (C=O) groups excluding carboxylic acids is 1. The van der Waals surface area contributed by atoms with Crippen molar-refractivity contribution in [1.29, 1.82) is 5.26 Å². The van der Waals surface area contributed by atoms with Crippen molar-refractivity contribution in [2.75, 3.05) is 13.1 Å². The highest BCUT2D eigenvalue weighted by Gasteiger charge is 2.33. The van der Waals surface area contributed by atoms with Crippen LogP contribution in [0.5, 0.6) is 0 Å². The maximum atomic E-state index is 13.5. The van der Waals surface area contributed by atoms with Gasteiger partial charge in [0.1, 0.15) is 0 Å². The van der Waals surface area contributed by atoms with Crippen LogP contribution in [0.4, 0.5) is 0 Å². The van der Waals surface area contributed by atoms with Gasteiger partial charge in [0.15, 0.2) is 0 Å². The van der Waals surface area contributed by atoms with Crippen molar-refractivity contribution in [2.45, 2.75) is 43.0 Å². The largest absolute Gasteiger partial charge is 0.356 e. The molecule has 0 aliphatic carbocycles. The molecule has 1 aliphatic rings. The molecule has 2 aromatic carbocycles. The minimum atomic E-state index is -3.84. The van der Waals surface area contributed by atoms with E-state index in [1.54, 1.807) is 0 Å². The van der Waals surface area contributed by atoms with Crippen LogP contribution in [-0.4, -0.2) is 31.7 Å². The fourth-order valence-electron chi connectivity index (χ4n) is 3.56. The molecule has 0 spiro atoms. The quantitative estimate of drug-likeness (QED) is 0.838. The summed E-state index contributed by atoms with van der Waals surface area (Å²) < 4.78 is 28.5. The topological polar surface area (TPSA) is 90.3 Å². The van der Waals surface area contributed by atoms with E-state index in [2.05, 4.69) is 5.32 Å². The first-order valence-electron chi connectivity index (χ1n) is 9.86. The predicted molar refractivity (Wildman–Crippen MR) is 110 cm³/mol. The van der Waals surface area contributed by atoms with Crippen LogP contribution in [-0.2, 0) is 14.8 Å². The molecule has 7 heteroatoms. The summed E-state index contributed by atoms with van der Waals surface area (Å²) in [6.07, 6.45) is 3.54. The number of nitrogens with zero attached hydrogens (tertiary/aromatic N) is 2. The summed E-state index contributed by atoms with van der Waals surface area (Å²) >= 11 is 0. The van der Waals surface area contributed by atoms with Crippen molar-refractivity contribution in [3.05, 3.63) is 65.7 Å². The number of nitrogens with one attached hydrogen (secondary N) is 1. The normalized spacial score (nSPS) is 19.6. The molecular weight excluding hydrogens is 386 g/mol. The molecule has 1 N–H and O–H groups in total. The monoisotopic (exact) mass is 411 g/mol. The van der Waals surface area contributed by atoms with Gasteiger partial charge in [0.2, 0.25) is 15.9 Å². The molecule has 1 aliphatic heterocycles. The lowest BCUT2D eigenvalue weighted by molar-refractivity contribution is -0.122. The summed E-state index contributed by atoms with van der Waals surface area (Å²) in [7, 11) is -3.84. The molecule has 0 bridgehead atoms. The number of benzene rings is 2. The summed E-state index contributed by atoms with van der Waals surface area (Å²) in [5, 5.41) is 11.9. The summed E-state index contributed by atoms with van der Waals surface area (Å²) in [6.45, 7) is 0.956. The fraction of sp³-hybridized carbons (Fsp3) is 0.364. The van der Waals surface area contributed by atoms with Crippen molar-refractivity contribution < 1.29 is 13.2 Å². The zero-order valence-electron chi connectivity index (χ0n) is 16.3. The minimum absolute atomic E-state index is 0.0690. The second kappa shape index (κ2) is 9.68. The van der Waals surface area contributed by atoms with Gasteiger partial charge in [-0.05, 0) is 42.7 Å². The number of hydrogen-bond donors (Lipinski definition) is 1. The molecule has 1 heterocycles. The summed E-state index contributed by atoms with van der Waals surface area (Å²) in [6, 6.07) is 16.6. The predicted octanol–water partition coefficient (Wildman–Crippen LogP) is 3.37. The van der Waals surface area contributed by atoms with E-state index in [4.69, 9.17) is 5.26 Å². The molecule has 6 nitrogen and oxygen atoms in total. The summed E-state index contributed by atoms with van der Waals surface area (Å²) in [4.78, 5) is 12.7. The van der Waals surface area contributed by atoms with Crippen molar-refractivity contribution in [3.63, 3.8) is 0 Å². The Hall–Kier alpha value is -2.69. The second-order valence-corrected chi connectivity index (χ2v) is 9.04. The third-order valence-electron chi connectivity index (χ3n) is 5.13. The van der Waals surface area contributed by atoms with E-state index in [-0.39, 0.29) is 17.2 Å². The molecule has 152 valence electrons. The van der Waals surface area contributed by atoms with Crippen LogP contribution in [0.15, 0.2) is 59.5 Å². The van der Waals surface area contributed by atoms with Gasteiger partial charge in [0, 0.05) is 19.5 Å². The van der Waals surface area contributed by atoms with Crippen molar-refractivity contribution in [1.82, 2.24) is 9.62 Å². The summed E-state index contributed by atoms with van der Waals surface area (Å²) in [5.74, 6) is -0.152. The maximum absolute atomic E-state index is 13.5. The van der Waals surface area contributed by atoms with Gasteiger partial charge in [0.05, 0.1) is 22.6 Å². The fourth-order valence-corrected chi connectivity index (χ4v) is 5.21. The van der Waals surface area contributed by atoms with E-state index in [9.17, 15) is 13.2 Å². The van der Waals surface area contributed by atoms with Crippen LogP contribution in [0, 0.1) is 11.3 Å². The second-order valence-electron chi connectivity index (χ2n) is 7.15. The average Bonchev–Trinajstić information content (AvgIpc) is 2.79. The Kier molecular flexibility index (Phi) is 7.02. The van der Waals surface area contributed by atoms with Gasteiger partial charge in [-0.15, -0.1) is 0 Å². The molecular formula is C22H25N3O3S. The van der Waals surface area contributed by atoms with Crippen LogP contribution < -0.4 is 5.32 Å². The Morgan fingerprint density at radius 3 is 2.34 bits per heavy atom. The Bertz CT molecular complexity index is 967. The highest BCUT2D eigenvalue weighted by Crippen LogP contribution is 2.31. The van der Waals surface area contributed by atoms with Gasteiger partial charge in [-0.2, -0.15) is 9.57 Å². The van der Waals surface area contributed by atoms with Gasteiger partial charge >= 0.3 is 0 Å². The molecule has 29 heavy (non-hydrogen) atoms. The molecule has 2 aromatic rings. The maximum Gasteiger partial charge on any atom is 0.243 e. The molecule has 1 fully saturated rings. The van der Waals surface area contributed by atoms with E-state index in [0.717, 1.165) is 31.2 Å². The van der Waals surface area contributed by atoms with Gasteiger partial charge in [-0.3, -0.25) is 4.79 Å². The number of amides is 1. The molecule has 0 radical (unpaired) electrons. The summed E-state index contributed by atoms with van der Waals surface area (Å²) in [5.41, 5.74) is 1.19. The molecule has 1 amide bonds. The Morgan fingerprint density at radius 2 is 1.66 bits per heavy atom. The minimum Gasteiger partial charge on any atom is -0.356 e. The number of nitriles is 1. The van der Waals surface area contributed by atoms with Gasteiger partial charge in [-0.25, -0.2) is 8.42 Å². The van der Waals surface area contributed by atoms with Crippen molar-refractivity contribution >= 4 is 15.9 Å². The SMILES string of the molecule is N#Cc1ccc(S(=O)(=O)N2CCCCCCNC(=O)CC2c2ccccc2)cc1. The van der Waals surface area contributed by atoms with Crippen LogP contribution >= 0.6 is 0 Å². The van der Waals surface area contributed by atoms with Gasteiger partial charge in [0.25, 0.3) is 0 Å². The number of rotatable bonds is 3. The Balaban J connectivity index is 2.04. The van der Waals surface area contributed by atoms with Crippen LogP contribution in [0.25, 0.3) is 0 Å². The zero-order valence-corrected chi connectivity index (χ0v) is 17.1. The lowest BCUT2D eigenvalue weighted by atomic mass is 10.0. The Morgan fingerprint density at radius 1 is 0.966 bits per heavy atom. The molecule has 1 atom stereocenters. The van der Waals surface area contributed by atoms with Crippen molar-refractivity contribution in [2.24, 2.45) is 0 Å². The standard InChI is InChI=1S/C22H25N3O3S/c23-17-18-10-12-20(13-11-18)29(27,28)25-15-7-2-1-6-14-24-22(26)16-21(25)19-8-4-3-5-9-19/h3-5,8-13,21H,1-2,6-7,14-16H2,(H,24,26). The van der Waals surface area contributed by atoms with E-state index in [1.165, 1.54) is 28.6 Å². The molecule has 0 aromatic heterocycles. The van der Waals surface area contributed by atoms with Gasteiger partial charge < -0.3 is 5.32 Å². The molecule has 0 saturated carbocycles. The highest BCUT2D eigenvalue weighted by molar-refractivity contribution is 7.89. The number of carbonyl (C=O) groups is 1. The first-order valence-corrected chi connectivity index (χ1v) is 11.3. The molecule has 3 rings (SSSR count). The van der Waals surface area contributed by atoms with Crippen LogP contribution in [0.3, 0.4) is 0 Å². The molecule has 1 saturated heterocycles. The zero-order chi connectivity index (χ0) is 20.7. The van der Waals surface area contributed by atoms with E-state index in [1.807, 2.05) is 36.4 Å². The molecule has 1 unspecified atom stereocenters. The third-order valence-corrected chi connectivity index (χ3v) is 7.05. The first kappa shape index (κ1) is 21.0. The van der Waals surface area contributed by atoms with E-state index in [0.29, 0.717) is 18.7 Å². The number of sulfonamides is 1.